The van der Waals surface area contributed by atoms with Crippen molar-refractivity contribution in [2.24, 2.45) is 5.92 Å². The van der Waals surface area contributed by atoms with Crippen molar-refractivity contribution in [3.05, 3.63) is 39.9 Å². The predicted octanol–water partition coefficient (Wildman–Crippen LogP) is 2.38. The summed E-state index contributed by atoms with van der Waals surface area (Å²) in [6.45, 7) is 2.71. The molecule has 0 radical (unpaired) electrons. The molecule has 1 aromatic carbocycles. The zero-order valence-corrected chi connectivity index (χ0v) is 14.7. The van der Waals surface area contributed by atoms with Crippen molar-refractivity contribution in [1.82, 2.24) is 10.6 Å². The average Bonchev–Trinajstić information content (AvgIpc) is 2.97. The van der Waals surface area contributed by atoms with E-state index in [-0.39, 0.29) is 11.8 Å². The van der Waals surface area contributed by atoms with Crippen molar-refractivity contribution in [2.75, 3.05) is 31.1 Å². The Labute approximate surface area is 151 Å². The Morgan fingerprint density at radius 1 is 1.38 bits per heavy atom. The van der Waals surface area contributed by atoms with Gasteiger partial charge in [-0.05, 0) is 37.6 Å². The molecule has 0 saturated carbocycles. The highest BCUT2D eigenvalue weighted by atomic mass is 35.5. The van der Waals surface area contributed by atoms with E-state index in [0.29, 0.717) is 35.2 Å². The largest absolute Gasteiger partial charge is 0.352 e. The molecule has 2 amide bonds. The van der Waals surface area contributed by atoms with E-state index in [2.05, 4.69) is 16.7 Å². The van der Waals surface area contributed by atoms with Gasteiger partial charge in [0.2, 0.25) is 11.8 Å². The maximum Gasteiger partial charge on any atom is 0.239 e. The molecular formula is C17H19Cl2N3O2. The van der Waals surface area contributed by atoms with E-state index in [1.165, 1.54) is 5.57 Å². The van der Waals surface area contributed by atoms with Gasteiger partial charge in [0.1, 0.15) is 5.92 Å². The van der Waals surface area contributed by atoms with E-state index in [1.807, 2.05) is 0 Å². The van der Waals surface area contributed by atoms with Gasteiger partial charge in [-0.25, -0.2) is 0 Å². The van der Waals surface area contributed by atoms with Gasteiger partial charge in [0.05, 0.1) is 10.7 Å². The zero-order valence-electron chi connectivity index (χ0n) is 13.1. The molecule has 2 heterocycles. The third-order valence-electron chi connectivity index (χ3n) is 4.37. The number of nitrogens with one attached hydrogen (secondary N) is 2. The zero-order chi connectivity index (χ0) is 17.1. The molecule has 1 fully saturated rings. The van der Waals surface area contributed by atoms with Crippen LogP contribution in [0.2, 0.25) is 10.0 Å². The second-order valence-electron chi connectivity index (χ2n) is 5.96. The quantitative estimate of drug-likeness (QED) is 0.634. The first kappa shape index (κ1) is 17.3. The first-order valence-corrected chi connectivity index (χ1v) is 8.74. The lowest BCUT2D eigenvalue weighted by atomic mass is 10.1. The van der Waals surface area contributed by atoms with E-state index >= 15 is 0 Å². The molecule has 0 spiro atoms. The first-order valence-electron chi connectivity index (χ1n) is 7.99. The summed E-state index contributed by atoms with van der Waals surface area (Å²) in [6, 6.07) is 4.98. The van der Waals surface area contributed by atoms with Crippen molar-refractivity contribution < 1.29 is 9.59 Å². The number of carbonyl (C=O) groups excluding carboxylic acids is 2. The number of rotatable bonds is 4. The summed E-state index contributed by atoms with van der Waals surface area (Å²) in [5.41, 5.74) is 1.76. The summed E-state index contributed by atoms with van der Waals surface area (Å²) in [5.74, 6) is -1.11. The van der Waals surface area contributed by atoms with Crippen molar-refractivity contribution >= 4 is 40.7 Å². The molecule has 1 atom stereocenters. The highest BCUT2D eigenvalue weighted by Gasteiger charge is 2.38. The third-order valence-corrected chi connectivity index (χ3v) is 4.92. The molecule has 1 aromatic rings. The van der Waals surface area contributed by atoms with Gasteiger partial charge in [-0.3, -0.25) is 9.59 Å². The minimum Gasteiger partial charge on any atom is -0.352 e. The van der Waals surface area contributed by atoms with Crippen LogP contribution in [0.25, 0.3) is 0 Å². The van der Waals surface area contributed by atoms with Gasteiger partial charge in [0.25, 0.3) is 0 Å². The number of anilines is 1. The molecule has 2 N–H and O–H groups in total. The SMILES string of the molecule is O=C(NCC1=CCNCC1)C1CCN(c2cc(Cl)ccc2Cl)C1=O. The number of nitrogens with zero attached hydrogens (tertiary/aromatic N) is 1. The molecule has 24 heavy (non-hydrogen) atoms. The normalized spacial score (nSPS) is 20.9. The maximum absolute atomic E-state index is 12.6. The van der Waals surface area contributed by atoms with Crippen LogP contribution in [0.5, 0.6) is 0 Å². The van der Waals surface area contributed by atoms with Crippen LogP contribution in [0.4, 0.5) is 5.69 Å². The van der Waals surface area contributed by atoms with Gasteiger partial charge in [0, 0.05) is 24.7 Å². The number of amides is 2. The van der Waals surface area contributed by atoms with Gasteiger partial charge < -0.3 is 15.5 Å². The van der Waals surface area contributed by atoms with Crippen LogP contribution in [0.1, 0.15) is 12.8 Å². The lowest BCUT2D eigenvalue weighted by Crippen LogP contribution is -2.38. The second-order valence-corrected chi connectivity index (χ2v) is 6.80. The average molecular weight is 368 g/mol. The molecule has 2 aliphatic rings. The summed E-state index contributed by atoms with van der Waals surface area (Å²) in [4.78, 5) is 26.5. The monoisotopic (exact) mass is 367 g/mol. The van der Waals surface area contributed by atoms with E-state index < -0.39 is 5.92 Å². The molecule has 1 saturated heterocycles. The van der Waals surface area contributed by atoms with Crippen LogP contribution in [-0.4, -0.2) is 38.0 Å². The maximum atomic E-state index is 12.6. The summed E-state index contributed by atoms with van der Waals surface area (Å²) >= 11 is 12.2. The Morgan fingerprint density at radius 2 is 2.21 bits per heavy atom. The van der Waals surface area contributed by atoms with E-state index in [4.69, 9.17) is 23.2 Å². The molecule has 0 aliphatic carbocycles. The molecule has 128 valence electrons. The summed E-state index contributed by atoms with van der Waals surface area (Å²) in [5, 5.41) is 7.07. The smallest absolute Gasteiger partial charge is 0.239 e. The van der Waals surface area contributed by atoms with E-state index in [9.17, 15) is 9.59 Å². The molecule has 2 aliphatic heterocycles. The topological polar surface area (TPSA) is 61.4 Å². The van der Waals surface area contributed by atoms with Gasteiger partial charge in [-0.2, -0.15) is 0 Å². The first-order chi connectivity index (χ1) is 11.6. The minimum absolute atomic E-state index is 0.222. The predicted molar refractivity (Wildman–Crippen MR) is 95.5 cm³/mol. The highest BCUT2D eigenvalue weighted by Crippen LogP contribution is 2.33. The number of halogens is 2. The van der Waals surface area contributed by atoms with Crippen LogP contribution >= 0.6 is 23.2 Å². The Kier molecular flexibility index (Phi) is 5.43. The Balaban J connectivity index is 1.64. The summed E-state index contributed by atoms with van der Waals surface area (Å²) < 4.78 is 0. The minimum atomic E-state index is -0.664. The molecule has 3 rings (SSSR count). The van der Waals surface area contributed by atoms with Crippen molar-refractivity contribution in [1.29, 1.82) is 0 Å². The molecule has 5 nitrogen and oxygen atoms in total. The summed E-state index contributed by atoms with van der Waals surface area (Å²) in [7, 11) is 0. The number of benzene rings is 1. The van der Waals surface area contributed by atoms with E-state index in [0.717, 1.165) is 19.5 Å². The number of carbonyl (C=O) groups is 2. The standard InChI is InChI=1S/C17H19Cl2N3O2/c18-12-1-2-14(19)15(9-12)22-8-5-13(17(22)24)16(23)21-10-11-3-6-20-7-4-11/h1-3,9,13,20H,4-8,10H2,(H,21,23). The van der Waals surface area contributed by atoms with Crippen LogP contribution in [0.15, 0.2) is 29.8 Å². The molecule has 1 unspecified atom stereocenters. The fourth-order valence-electron chi connectivity index (χ4n) is 3.01. The van der Waals surface area contributed by atoms with Crippen LogP contribution in [0, 0.1) is 5.92 Å². The van der Waals surface area contributed by atoms with Gasteiger partial charge in [0.15, 0.2) is 0 Å². The van der Waals surface area contributed by atoms with Crippen molar-refractivity contribution in [3.63, 3.8) is 0 Å². The molecular weight excluding hydrogens is 349 g/mol. The molecule has 0 aromatic heterocycles. The van der Waals surface area contributed by atoms with Crippen LogP contribution in [0.3, 0.4) is 0 Å². The lowest BCUT2D eigenvalue weighted by molar-refractivity contribution is -0.132. The van der Waals surface area contributed by atoms with Crippen molar-refractivity contribution in [3.8, 4) is 0 Å². The molecule has 7 heteroatoms. The fourth-order valence-corrected chi connectivity index (χ4v) is 3.39. The van der Waals surface area contributed by atoms with Gasteiger partial charge in [-0.1, -0.05) is 34.9 Å². The highest BCUT2D eigenvalue weighted by molar-refractivity contribution is 6.36. The van der Waals surface area contributed by atoms with E-state index in [1.54, 1.807) is 23.1 Å². The van der Waals surface area contributed by atoms with Crippen LogP contribution in [-0.2, 0) is 9.59 Å². The fraction of sp³-hybridized carbons (Fsp3) is 0.412. The van der Waals surface area contributed by atoms with Crippen LogP contribution < -0.4 is 15.5 Å². The summed E-state index contributed by atoms with van der Waals surface area (Å²) in [6.07, 6.45) is 3.48. The molecule has 0 bridgehead atoms. The van der Waals surface area contributed by atoms with Gasteiger partial charge >= 0.3 is 0 Å². The lowest BCUT2D eigenvalue weighted by Gasteiger charge is -2.19. The van der Waals surface area contributed by atoms with Gasteiger partial charge in [-0.15, -0.1) is 0 Å². The van der Waals surface area contributed by atoms with Crippen molar-refractivity contribution in [2.45, 2.75) is 12.8 Å². The second kappa shape index (κ2) is 7.55. The Hall–Kier alpha value is -1.56. The Bertz CT molecular complexity index is 690. The third kappa shape index (κ3) is 3.74. The number of hydrogen-bond acceptors (Lipinski definition) is 3. The number of hydrogen-bond donors (Lipinski definition) is 2. The Morgan fingerprint density at radius 3 is 2.96 bits per heavy atom.